The van der Waals surface area contributed by atoms with Gasteiger partial charge in [-0.15, -0.1) is 0 Å². The molecule has 2 aliphatic rings. The fourth-order valence-electron chi connectivity index (χ4n) is 2.72. The molecule has 2 aliphatic heterocycles. The van der Waals surface area contributed by atoms with Gasteiger partial charge in [-0.2, -0.15) is 4.98 Å². The monoisotopic (exact) mass is 247 g/mol. The van der Waals surface area contributed by atoms with Crippen LogP contribution < -0.4 is 16.0 Å². The van der Waals surface area contributed by atoms with Gasteiger partial charge < -0.3 is 16.0 Å². The van der Waals surface area contributed by atoms with Crippen LogP contribution in [0.2, 0.25) is 0 Å². The number of nitrogens with one attached hydrogen (secondary N) is 1. The predicted molar refractivity (Wildman–Crippen MR) is 68.0 cm³/mol. The highest BCUT2D eigenvalue weighted by Crippen LogP contribution is 2.30. The van der Waals surface area contributed by atoms with Crippen molar-refractivity contribution in [3.8, 4) is 0 Å². The van der Waals surface area contributed by atoms with Gasteiger partial charge in [-0.1, -0.05) is 0 Å². The Morgan fingerprint density at radius 1 is 1.44 bits per heavy atom. The number of fused-ring (bicyclic) bond motifs is 1. The van der Waals surface area contributed by atoms with Crippen LogP contribution in [0.25, 0.3) is 0 Å². The van der Waals surface area contributed by atoms with Crippen LogP contribution in [-0.4, -0.2) is 35.5 Å². The van der Waals surface area contributed by atoms with Crippen LogP contribution in [-0.2, 0) is 4.79 Å². The quantitative estimate of drug-likeness (QED) is 0.726. The van der Waals surface area contributed by atoms with Crippen molar-refractivity contribution in [1.29, 1.82) is 0 Å². The third kappa shape index (κ3) is 1.87. The van der Waals surface area contributed by atoms with Gasteiger partial charge in [0.05, 0.1) is 0 Å². The van der Waals surface area contributed by atoms with Crippen molar-refractivity contribution in [2.75, 3.05) is 30.3 Å². The summed E-state index contributed by atoms with van der Waals surface area (Å²) >= 11 is 0. The van der Waals surface area contributed by atoms with Gasteiger partial charge in [0.1, 0.15) is 5.82 Å². The number of nitrogens with two attached hydrogens (primary N) is 1. The Labute approximate surface area is 106 Å². The van der Waals surface area contributed by atoms with Gasteiger partial charge in [0.15, 0.2) is 0 Å². The fourth-order valence-corrected chi connectivity index (χ4v) is 2.72. The minimum atomic E-state index is 0.155. The van der Waals surface area contributed by atoms with Gasteiger partial charge in [-0.25, -0.2) is 4.98 Å². The molecule has 6 nitrogen and oxygen atoms in total. The van der Waals surface area contributed by atoms with E-state index in [-0.39, 0.29) is 5.91 Å². The van der Waals surface area contributed by atoms with E-state index >= 15 is 0 Å². The number of piperidine rings is 1. The second-order valence-electron chi connectivity index (χ2n) is 5.17. The first kappa shape index (κ1) is 11.3. The van der Waals surface area contributed by atoms with Gasteiger partial charge >= 0.3 is 0 Å². The molecule has 3 rings (SSSR count). The summed E-state index contributed by atoms with van der Waals surface area (Å²) in [6, 6.07) is 0. The Bertz CT molecular complexity index is 489. The Hall–Kier alpha value is -1.85. The first-order chi connectivity index (χ1) is 8.63. The summed E-state index contributed by atoms with van der Waals surface area (Å²) in [5, 5.41) is 2.91. The molecule has 2 atom stereocenters. The molecule has 0 spiro atoms. The predicted octanol–water partition coefficient (Wildman–Crippen LogP) is -0.0605. The summed E-state index contributed by atoms with van der Waals surface area (Å²) in [7, 11) is 0. The molecule has 6 heteroatoms. The van der Waals surface area contributed by atoms with E-state index in [1.54, 1.807) is 6.20 Å². The van der Waals surface area contributed by atoms with E-state index in [0.29, 0.717) is 30.0 Å². The number of amides is 1. The number of hydrogen-bond donors (Lipinski definition) is 2. The highest BCUT2D eigenvalue weighted by Gasteiger charge is 2.38. The summed E-state index contributed by atoms with van der Waals surface area (Å²) in [5.41, 5.74) is 6.71. The van der Waals surface area contributed by atoms with Crippen LogP contribution in [0.3, 0.4) is 0 Å². The summed E-state index contributed by atoms with van der Waals surface area (Å²) in [6.45, 7) is 4.40. The molecule has 2 saturated heterocycles. The number of nitrogen functional groups attached to an aromatic ring is 1. The maximum atomic E-state index is 11.4. The second kappa shape index (κ2) is 4.12. The van der Waals surface area contributed by atoms with Crippen LogP contribution in [0.4, 0.5) is 11.8 Å². The van der Waals surface area contributed by atoms with Crippen molar-refractivity contribution in [1.82, 2.24) is 15.3 Å². The molecule has 2 fully saturated rings. The molecule has 1 aromatic rings. The summed E-state index contributed by atoms with van der Waals surface area (Å²) in [6.07, 6.45) is 2.37. The van der Waals surface area contributed by atoms with Crippen molar-refractivity contribution < 1.29 is 4.79 Å². The highest BCUT2D eigenvalue weighted by molar-refractivity contribution is 5.77. The number of carbonyl (C=O) groups is 1. The van der Waals surface area contributed by atoms with Crippen molar-refractivity contribution in [2.45, 2.75) is 13.3 Å². The Balaban J connectivity index is 1.78. The van der Waals surface area contributed by atoms with Gasteiger partial charge in [-0.05, 0) is 18.8 Å². The molecule has 0 bridgehead atoms. The maximum Gasteiger partial charge on any atom is 0.227 e. The van der Waals surface area contributed by atoms with Crippen LogP contribution in [0, 0.1) is 18.8 Å². The maximum absolute atomic E-state index is 11.4. The largest absolute Gasteiger partial charge is 0.383 e. The molecule has 1 amide bonds. The first-order valence-electron chi connectivity index (χ1n) is 6.24. The Morgan fingerprint density at radius 3 is 3.00 bits per heavy atom. The number of carbonyl (C=O) groups excluding carboxylic acids is 1. The van der Waals surface area contributed by atoms with E-state index in [0.717, 1.165) is 25.2 Å². The molecule has 0 aromatic carbocycles. The van der Waals surface area contributed by atoms with Crippen molar-refractivity contribution in [2.24, 2.45) is 11.8 Å². The molecule has 96 valence electrons. The summed E-state index contributed by atoms with van der Waals surface area (Å²) in [4.78, 5) is 22.1. The van der Waals surface area contributed by atoms with E-state index in [1.807, 2.05) is 6.92 Å². The van der Waals surface area contributed by atoms with E-state index in [4.69, 9.17) is 5.73 Å². The molecule has 0 saturated carbocycles. The van der Waals surface area contributed by atoms with Crippen molar-refractivity contribution >= 4 is 17.7 Å². The van der Waals surface area contributed by atoms with E-state index in [2.05, 4.69) is 20.2 Å². The minimum Gasteiger partial charge on any atom is -0.383 e. The Kier molecular flexibility index (Phi) is 2.57. The zero-order chi connectivity index (χ0) is 12.7. The van der Waals surface area contributed by atoms with E-state index < -0.39 is 0 Å². The molecular weight excluding hydrogens is 230 g/mol. The third-order valence-electron chi connectivity index (χ3n) is 3.87. The average Bonchev–Trinajstić information content (AvgIpc) is 2.75. The number of hydrogen-bond acceptors (Lipinski definition) is 5. The van der Waals surface area contributed by atoms with Crippen LogP contribution in [0.1, 0.15) is 12.0 Å². The lowest BCUT2D eigenvalue weighted by Crippen LogP contribution is -2.39. The molecule has 0 unspecified atom stereocenters. The smallest absolute Gasteiger partial charge is 0.227 e. The topological polar surface area (TPSA) is 84.1 Å². The zero-order valence-corrected chi connectivity index (χ0v) is 10.4. The van der Waals surface area contributed by atoms with Gasteiger partial charge in [0.2, 0.25) is 11.9 Å². The lowest BCUT2D eigenvalue weighted by atomic mass is 9.89. The second-order valence-corrected chi connectivity index (χ2v) is 5.17. The van der Waals surface area contributed by atoms with Crippen molar-refractivity contribution in [3.63, 3.8) is 0 Å². The van der Waals surface area contributed by atoms with Gasteiger partial charge in [0.25, 0.3) is 0 Å². The average molecular weight is 247 g/mol. The van der Waals surface area contributed by atoms with Crippen LogP contribution in [0.5, 0.6) is 0 Å². The van der Waals surface area contributed by atoms with Gasteiger partial charge in [-0.3, -0.25) is 4.79 Å². The standard InChI is InChI=1S/C12H17N5O/c1-7-3-15-12(16-11(7)13)17-5-8-2-10(18)14-4-9(8)6-17/h3,8-9H,2,4-6H2,1H3,(H,14,18)(H2,13,15,16)/t8-,9+/m1/s1. The molecular formula is C12H17N5O. The van der Waals surface area contributed by atoms with Crippen molar-refractivity contribution in [3.05, 3.63) is 11.8 Å². The normalized spacial score (nSPS) is 26.9. The zero-order valence-electron chi connectivity index (χ0n) is 10.4. The molecule has 3 N–H and O–H groups in total. The van der Waals surface area contributed by atoms with E-state index in [9.17, 15) is 4.79 Å². The molecule has 18 heavy (non-hydrogen) atoms. The summed E-state index contributed by atoms with van der Waals surface area (Å²) < 4.78 is 0. The SMILES string of the molecule is Cc1cnc(N2C[C@H]3CC(=O)NC[C@H]3C2)nc1N. The lowest BCUT2D eigenvalue weighted by molar-refractivity contribution is -0.124. The third-order valence-corrected chi connectivity index (χ3v) is 3.87. The minimum absolute atomic E-state index is 0.155. The number of rotatable bonds is 1. The van der Waals surface area contributed by atoms with Crippen LogP contribution in [0.15, 0.2) is 6.20 Å². The number of aromatic nitrogens is 2. The molecule has 0 aliphatic carbocycles. The molecule has 0 radical (unpaired) electrons. The van der Waals surface area contributed by atoms with Crippen LogP contribution >= 0.6 is 0 Å². The fraction of sp³-hybridized carbons (Fsp3) is 0.583. The number of anilines is 2. The molecule has 3 heterocycles. The summed E-state index contributed by atoms with van der Waals surface area (Å²) in [5.74, 6) is 2.30. The number of aryl methyl sites for hydroxylation is 1. The lowest BCUT2D eigenvalue weighted by Gasteiger charge is -2.23. The first-order valence-corrected chi connectivity index (χ1v) is 6.24. The van der Waals surface area contributed by atoms with E-state index in [1.165, 1.54) is 0 Å². The van der Waals surface area contributed by atoms with Gasteiger partial charge in [0, 0.05) is 37.8 Å². The molecule has 1 aromatic heterocycles. The number of nitrogens with zero attached hydrogens (tertiary/aromatic N) is 3. The highest BCUT2D eigenvalue weighted by atomic mass is 16.1. The Morgan fingerprint density at radius 2 is 2.22 bits per heavy atom.